The smallest absolute Gasteiger partial charge is 0.128 e. The van der Waals surface area contributed by atoms with Crippen LogP contribution in [0, 0.1) is 0 Å². The van der Waals surface area contributed by atoms with Crippen LogP contribution in [-0.4, -0.2) is 54.4 Å². The van der Waals surface area contributed by atoms with Gasteiger partial charge in [0.25, 0.3) is 0 Å². The third-order valence-corrected chi connectivity index (χ3v) is 4.25. The van der Waals surface area contributed by atoms with Crippen molar-refractivity contribution in [2.45, 2.75) is 62.9 Å². The van der Waals surface area contributed by atoms with Crippen molar-refractivity contribution in [3.8, 4) is 0 Å². The third kappa shape index (κ3) is 5.60. The predicted octanol–water partition coefficient (Wildman–Crippen LogP) is 2.44. The van der Waals surface area contributed by atoms with Crippen LogP contribution < -0.4 is 0 Å². The molecule has 1 fully saturated rings. The van der Waals surface area contributed by atoms with Crippen molar-refractivity contribution < 1.29 is 19.3 Å². The summed E-state index contributed by atoms with van der Waals surface area (Å²) in [6, 6.07) is 0. The van der Waals surface area contributed by atoms with Crippen LogP contribution in [-0.2, 0) is 14.2 Å². The Morgan fingerprint density at radius 3 is 2.05 bits per heavy atom. The highest BCUT2D eigenvalue weighted by atomic mass is 32.2. The molecule has 4 atom stereocenters. The quantitative estimate of drug-likeness (QED) is 0.627. The Kier molecular flexibility index (Phi) is 9.07. The van der Waals surface area contributed by atoms with Gasteiger partial charge in [-0.2, -0.15) is 0 Å². The van der Waals surface area contributed by atoms with Gasteiger partial charge in [-0.15, -0.1) is 11.8 Å². The lowest BCUT2D eigenvalue weighted by atomic mass is 10.1. The van der Waals surface area contributed by atoms with Gasteiger partial charge in [-0.25, -0.2) is 0 Å². The topological polar surface area (TPSA) is 47.9 Å². The second-order valence-corrected chi connectivity index (χ2v) is 6.17. The average Bonchev–Trinajstić information content (AvgIpc) is 2.70. The van der Waals surface area contributed by atoms with E-state index in [9.17, 15) is 5.11 Å². The average molecular weight is 292 g/mol. The van der Waals surface area contributed by atoms with E-state index in [0.29, 0.717) is 19.8 Å². The molecule has 1 saturated heterocycles. The number of aliphatic hydroxyl groups excluding tert-OH is 1. The van der Waals surface area contributed by atoms with Gasteiger partial charge in [0, 0.05) is 19.8 Å². The fourth-order valence-corrected chi connectivity index (χ4v) is 3.38. The fraction of sp³-hybridized carbons (Fsp3) is 1.00. The Labute approximate surface area is 121 Å². The maximum Gasteiger partial charge on any atom is 0.128 e. The molecule has 0 aromatic rings. The zero-order chi connectivity index (χ0) is 14.1. The summed E-state index contributed by atoms with van der Waals surface area (Å²) in [5.41, 5.74) is -0.511. The largest absolute Gasteiger partial charge is 0.380 e. The van der Waals surface area contributed by atoms with Crippen molar-refractivity contribution in [3.63, 3.8) is 0 Å². The van der Waals surface area contributed by atoms with Crippen molar-refractivity contribution in [1.82, 2.24) is 0 Å². The van der Waals surface area contributed by atoms with E-state index >= 15 is 0 Å². The Balaban J connectivity index is 2.52. The first-order valence-electron chi connectivity index (χ1n) is 7.39. The molecule has 0 bridgehead atoms. The van der Waals surface area contributed by atoms with Gasteiger partial charge < -0.3 is 19.3 Å². The lowest BCUT2D eigenvalue weighted by Crippen LogP contribution is -2.39. The van der Waals surface area contributed by atoms with E-state index in [0.717, 1.165) is 25.9 Å². The van der Waals surface area contributed by atoms with Crippen molar-refractivity contribution in [2.75, 3.05) is 26.4 Å². The summed E-state index contributed by atoms with van der Waals surface area (Å²) in [6.45, 7) is 8.99. The molecule has 1 unspecified atom stereocenters. The van der Waals surface area contributed by atoms with Crippen molar-refractivity contribution in [2.24, 2.45) is 0 Å². The number of thioether (sulfide) groups is 1. The van der Waals surface area contributed by atoms with E-state index in [1.807, 2.05) is 0 Å². The molecule has 0 aliphatic carbocycles. The Bertz CT molecular complexity index is 227. The van der Waals surface area contributed by atoms with Gasteiger partial charge in [-0.05, 0) is 19.3 Å². The van der Waals surface area contributed by atoms with Crippen LogP contribution in [0.4, 0.5) is 0 Å². The predicted molar refractivity (Wildman–Crippen MR) is 78.6 cm³/mol. The van der Waals surface area contributed by atoms with Crippen LogP contribution in [0.3, 0.4) is 0 Å². The van der Waals surface area contributed by atoms with Crippen LogP contribution in [0.25, 0.3) is 0 Å². The first-order chi connectivity index (χ1) is 9.24. The summed E-state index contributed by atoms with van der Waals surface area (Å²) in [5.74, 6) is 0. The summed E-state index contributed by atoms with van der Waals surface area (Å²) in [6.07, 6.45) is 2.64. The van der Waals surface area contributed by atoms with Crippen molar-refractivity contribution in [1.29, 1.82) is 0 Å². The maximum atomic E-state index is 10.1. The zero-order valence-electron chi connectivity index (χ0n) is 12.3. The molecule has 1 rings (SSSR count). The van der Waals surface area contributed by atoms with E-state index in [-0.39, 0.29) is 17.5 Å². The lowest BCUT2D eigenvalue weighted by Gasteiger charge is -2.24. The molecule has 1 heterocycles. The molecule has 0 saturated carbocycles. The molecular weight excluding hydrogens is 264 g/mol. The summed E-state index contributed by atoms with van der Waals surface area (Å²) >= 11 is 1.51. The highest BCUT2D eigenvalue weighted by Gasteiger charge is 2.44. The number of ether oxygens (including phenoxy) is 3. The highest BCUT2D eigenvalue weighted by Crippen LogP contribution is 2.37. The SMILES string of the molecule is CCCOC[C@@H]1SC(O)[C@H](OCCC)[C@H]1OCCC. The van der Waals surface area contributed by atoms with E-state index < -0.39 is 5.44 Å². The minimum absolute atomic E-state index is 0.0663. The molecule has 1 N–H and O–H groups in total. The number of rotatable bonds is 10. The molecule has 0 aromatic heterocycles. The van der Waals surface area contributed by atoms with Gasteiger partial charge in [0.15, 0.2) is 0 Å². The van der Waals surface area contributed by atoms with Gasteiger partial charge in [0.2, 0.25) is 0 Å². The number of aliphatic hydroxyl groups is 1. The standard InChI is InChI=1S/C14H28O4S/c1-4-7-16-10-11-12(17-8-5-2)13(14(15)19-11)18-9-6-3/h11-15H,4-10H2,1-3H3/t11-,12-,13+,14?/m0/s1. The minimum atomic E-state index is -0.511. The number of hydrogen-bond donors (Lipinski definition) is 1. The van der Waals surface area contributed by atoms with Crippen molar-refractivity contribution in [3.05, 3.63) is 0 Å². The summed E-state index contributed by atoms with van der Waals surface area (Å²) in [7, 11) is 0. The first-order valence-corrected chi connectivity index (χ1v) is 8.33. The zero-order valence-corrected chi connectivity index (χ0v) is 13.2. The van der Waals surface area contributed by atoms with E-state index in [4.69, 9.17) is 14.2 Å². The van der Waals surface area contributed by atoms with E-state index in [1.165, 1.54) is 11.8 Å². The van der Waals surface area contributed by atoms with Crippen LogP contribution in [0.15, 0.2) is 0 Å². The van der Waals surface area contributed by atoms with E-state index in [1.54, 1.807) is 0 Å². The van der Waals surface area contributed by atoms with Crippen LogP contribution >= 0.6 is 11.8 Å². The molecule has 4 nitrogen and oxygen atoms in total. The molecule has 1 aliphatic heterocycles. The second-order valence-electron chi connectivity index (χ2n) is 4.81. The minimum Gasteiger partial charge on any atom is -0.380 e. The summed E-state index contributed by atoms with van der Waals surface area (Å²) < 4.78 is 17.3. The molecule has 0 amide bonds. The molecule has 114 valence electrons. The van der Waals surface area contributed by atoms with Crippen molar-refractivity contribution >= 4 is 11.8 Å². The third-order valence-electron chi connectivity index (χ3n) is 2.94. The second kappa shape index (κ2) is 10.00. The summed E-state index contributed by atoms with van der Waals surface area (Å²) in [5, 5.41) is 10.3. The molecule has 19 heavy (non-hydrogen) atoms. The first kappa shape index (κ1) is 17.2. The summed E-state index contributed by atoms with van der Waals surface area (Å²) in [4.78, 5) is 0. The Morgan fingerprint density at radius 1 is 0.895 bits per heavy atom. The van der Waals surface area contributed by atoms with Gasteiger partial charge in [0.05, 0.1) is 11.9 Å². The van der Waals surface area contributed by atoms with Gasteiger partial charge in [0.1, 0.15) is 17.6 Å². The molecule has 0 aromatic carbocycles. The van der Waals surface area contributed by atoms with Crippen LogP contribution in [0.2, 0.25) is 0 Å². The monoisotopic (exact) mass is 292 g/mol. The molecule has 1 aliphatic rings. The fourth-order valence-electron chi connectivity index (χ4n) is 2.07. The lowest BCUT2D eigenvalue weighted by molar-refractivity contribution is -0.0957. The normalized spacial score (nSPS) is 30.9. The molecule has 0 spiro atoms. The van der Waals surface area contributed by atoms with Crippen LogP contribution in [0.5, 0.6) is 0 Å². The van der Waals surface area contributed by atoms with E-state index in [2.05, 4.69) is 20.8 Å². The Hall–Kier alpha value is 0.190. The molecule has 5 heteroatoms. The van der Waals surface area contributed by atoms with Gasteiger partial charge in [-0.3, -0.25) is 0 Å². The van der Waals surface area contributed by atoms with Crippen LogP contribution in [0.1, 0.15) is 40.0 Å². The molecular formula is C14H28O4S. The molecule has 0 radical (unpaired) electrons. The maximum absolute atomic E-state index is 10.1. The highest BCUT2D eigenvalue weighted by molar-refractivity contribution is 8.00. The van der Waals surface area contributed by atoms with Gasteiger partial charge >= 0.3 is 0 Å². The number of hydrogen-bond acceptors (Lipinski definition) is 5. The Morgan fingerprint density at radius 2 is 1.47 bits per heavy atom. The van der Waals surface area contributed by atoms with Gasteiger partial charge in [-0.1, -0.05) is 20.8 Å².